The number of carbonyl (C=O) groups excluding carboxylic acids is 1. The van der Waals surface area contributed by atoms with E-state index in [1.54, 1.807) is 10.7 Å². The van der Waals surface area contributed by atoms with Crippen LogP contribution in [0.2, 0.25) is 5.02 Å². The Morgan fingerprint density at radius 3 is 2.54 bits per heavy atom. The monoisotopic (exact) mass is 374 g/mol. The molecule has 1 aromatic carbocycles. The van der Waals surface area contributed by atoms with Crippen LogP contribution in [0.5, 0.6) is 0 Å². The predicted octanol–water partition coefficient (Wildman–Crippen LogP) is 2.93. The molecule has 0 unspecified atom stereocenters. The number of nitrogens with one attached hydrogen (secondary N) is 1. The van der Waals surface area contributed by atoms with E-state index in [0.29, 0.717) is 29.4 Å². The zero-order valence-corrected chi connectivity index (χ0v) is 14.9. The van der Waals surface area contributed by atoms with Crippen LogP contribution in [0.15, 0.2) is 24.3 Å². The number of rotatable bonds is 5. The van der Waals surface area contributed by atoms with Crippen molar-refractivity contribution in [1.29, 1.82) is 0 Å². The number of hydrogen-bond acceptors (Lipinski definition) is 4. The molecule has 0 spiro atoms. The number of halogens is 1. The van der Waals surface area contributed by atoms with Crippen molar-refractivity contribution in [3.05, 3.63) is 40.9 Å². The predicted molar refractivity (Wildman–Crippen MR) is 94.6 cm³/mol. The standard InChI is InChI=1S/C18H19ClN4O3/c19-12-5-1-2-6-13(12)23-15(11-7-8-11)20-14(22-23)16(24)21-18(17(25)26)9-3-4-10-18/h1-2,5-6,11H,3-4,7-10H2,(H,21,24)(H,25,26). The average Bonchev–Trinajstić information content (AvgIpc) is 3.18. The minimum atomic E-state index is -1.22. The van der Waals surface area contributed by atoms with E-state index in [1.165, 1.54) is 0 Å². The van der Waals surface area contributed by atoms with Crippen molar-refractivity contribution >= 4 is 23.5 Å². The topological polar surface area (TPSA) is 97.1 Å². The molecule has 7 nitrogen and oxygen atoms in total. The van der Waals surface area contributed by atoms with Gasteiger partial charge < -0.3 is 10.4 Å². The Morgan fingerprint density at radius 2 is 1.92 bits per heavy atom. The molecule has 8 heteroatoms. The second kappa shape index (κ2) is 6.39. The van der Waals surface area contributed by atoms with Gasteiger partial charge in [0, 0.05) is 5.92 Å². The van der Waals surface area contributed by atoms with Crippen LogP contribution in [0.3, 0.4) is 0 Å². The third kappa shape index (κ3) is 2.96. The molecule has 2 aliphatic carbocycles. The van der Waals surface area contributed by atoms with Gasteiger partial charge in [-0.2, -0.15) is 0 Å². The van der Waals surface area contributed by atoms with Crippen LogP contribution in [0, 0.1) is 0 Å². The summed E-state index contributed by atoms with van der Waals surface area (Å²) in [6.07, 6.45) is 4.39. The van der Waals surface area contributed by atoms with Crippen LogP contribution in [0.25, 0.3) is 5.69 Å². The molecule has 0 bridgehead atoms. The lowest BCUT2D eigenvalue weighted by Gasteiger charge is -2.24. The number of nitrogens with zero attached hydrogens (tertiary/aromatic N) is 3. The lowest BCUT2D eigenvalue weighted by molar-refractivity contribution is -0.144. The Morgan fingerprint density at radius 1 is 1.23 bits per heavy atom. The van der Waals surface area contributed by atoms with E-state index in [2.05, 4.69) is 15.4 Å². The van der Waals surface area contributed by atoms with Gasteiger partial charge in [-0.1, -0.05) is 36.6 Å². The van der Waals surface area contributed by atoms with Gasteiger partial charge in [-0.15, -0.1) is 5.10 Å². The number of benzene rings is 1. The maximum Gasteiger partial charge on any atom is 0.329 e. The molecular formula is C18H19ClN4O3. The number of carbonyl (C=O) groups is 2. The highest BCUT2D eigenvalue weighted by Gasteiger charge is 2.43. The van der Waals surface area contributed by atoms with Gasteiger partial charge in [0.05, 0.1) is 10.7 Å². The first-order valence-electron chi connectivity index (χ1n) is 8.78. The number of hydrogen-bond donors (Lipinski definition) is 2. The van der Waals surface area contributed by atoms with Crippen LogP contribution in [-0.4, -0.2) is 37.3 Å². The van der Waals surface area contributed by atoms with Crippen molar-refractivity contribution in [2.75, 3.05) is 0 Å². The summed E-state index contributed by atoms with van der Waals surface area (Å²) in [5, 5.41) is 17.1. The third-order valence-corrected chi connectivity index (χ3v) is 5.40. The first-order chi connectivity index (χ1) is 12.5. The minimum Gasteiger partial charge on any atom is -0.480 e. The van der Waals surface area contributed by atoms with Gasteiger partial charge in [-0.3, -0.25) is 4.79 Å². The zero-order chi connectivity index (χ0) is 18.3. The summed E-state index contributed by atoms with van der Waals surface area (Å²) in [4.78, 5) is 28.8. The summed E-state index contributed by atoms with van der Waals surface area (Å²) in [7, 11) is 0. The van der Waals surface area contributed by atoms with Crippen LogP contribution in [0.4, 0.5) is 0 Å². The number of carboxylic acids is 1. The van der Waals surface area contributed by atoms with Crippen molar-refractivity contribution in [3.63, 3.8) is 0 Å². The van der Waals surface area contributed by atoms with Crippen molar-refractivity contribution in [2.45, 2.75) is 50.0 Å². The molecule has 2 N–H and O–H groups in total. The molecule has 0 aliphatic heterocycles. The van der Waals surface area contributed by atoms with E-state index in [4.69, 9.17) is 11.6 Å². The van der Waals surface area contributed by atoms with E-state index in [1.807, 2.05) is 18.2 Å². The molecule has 0 saturated heterocycles. The highest BCUT2D eigenvalue weighted by atomic mass is 35.5. The molecule has 2 saturated carbocycles. The van der Waals surface area contributed by atoms with Crippen LogP contribution >= 0.6 is 11.6 Å². The Labute approximate surface area is 155 Å². The van der Waals surface area contributed by atoms with Gasteiger partial charge in [-0.25, -0.2) is 14.5 Å². The number of aliphatic carboxylic acids is 1. The molecule has 26 heavy (non-hydrogen) atoms. The largest absolute Gasteiger partial charge is 0.480 e. The number of aromatic nitrogens is 3. The van der Waals surface area contributed by atoms with Crippen molar-refractivity contribution in [1.82, 2.24) is 20.1 Å². The first-order valence-corrected chi connectivity index (χ1v) is 9.16. The van der Waals surface area contributed by atoms with Crippen molar-refractivity contribution < 1.29 is 14.7 Å². The first kappa shape index (κ1) is 17.0. The fraction of sp³-hybridized carbons (Fsp3) is 0.444. The molecule has 1 amide bonds. The lowest BCUT2D eigenvalue weighted by atomic mass is 9.98. The summed E-state index contributed by atoms with van der Waals surface area (Å²) >= 11 is 6.28. The smallest absolute Gasteiger partial charge is 0.329 e. The van der Waals surface area contributed by atoms with Gasteiger partial charge in [0.1, 0.15) is 11.4 Å². The second-order valence-electron chi connectivity index (χ2n) is 6.98. The molecule has 2 aromatic rings. The number of carboxylic acid groups (broad SMARTS) is 1. The maximum atomic E-state index is 12.7. The normalized spacial score (nSPS) is 18.7. The van der Waals surface area contributed by atoms with Gasteiger partial charge in [0.25, 0.3) is 5.91 Å². The lowest BCUT2D eigenvalue weighted by Crippen LogP contribution is -2.52. The summed E-state index contributed by atoms with van der Waals surface area (Å²) in [6.45, 7) is 0. The Hall–Kier alpha value is -2.41. The molecule has 136 valence electrons. The summed E-state index contributed by atoms with van der Waals surface area (Å²) < 4.78 is 1.61. The molecular weight excluding hydrogens is 356 g/mol. The van der Waals surface area contributed by atoms with E-state index >= 15 is 0 Å². The minimum absolute atomic E-state index is 0.0145. The van der Waals surface area contributed by atoms with Gasteiger partial charge in [-0.05, 0) is 37.8 Å². The Balaban J connectivity index is 1.67. The van der Waals surface area contributed by atoms with Crippen LogP contribution in [0.1, 0.15) is 60.9 Å². The highest BCUT2D eigenvalue weighted by molar-refractivity contribution is 6.32. The molecule has 1 heterocycles. The van der Waals surface area contributed by atoms with Crippen molar-refractivity contribution in [3.8, 4) is 5.69 Å². The Kier molecular flexibility index (Phi) is 4.19. The maximum absolute atomic E-state index is 12.7. The molecule has 0 atom stereocenters. The van der Waals surface area contributed by atoms with Crippen molar-refractivity contribution in [2.24, 2.45) is 0 Å². The average molecular weight is 375 g/mol. The van der Waals surface area contributed by atoms with Gasteiger partial charge in [0.15, 0.2) is 0 Å². The van der Waals surface area contributed by atoms with E-state index in [-0.39, 0.29) is 11.7 Å². The zero-order valence-electron chi connectivity index (χ0n) is 14.1. The van der Waals surface area contributed by atoms with Gasteiger partial charge in [0.2, 0.25) is 5.82 Å². The second-order valence-corrected chi connectivity index (χ2v) is 7.39. The number of para-hydroxylation sites is 1. The molecule has 2 aliphatic rings. The number of amides is 1. The summed E-state index contributed by atoms with van der Waals surface area (Å²) in [6, 6.07) is 7.24. The Bertz CT molecular complexity index is 869. The molecule has 0 radical (unpaired) electrons. The van der Waals surface area contributed by atoms with E-state index < -0.39 is 17.4 Å². The fourth-order valence-corrected chi connectivity index (χ4v) is 3.69. The fourth-order valence-electron chi connectivity index (χ4n) is 3.47. The molecule has 1 aromatic heterocycles. The SMILES string of the molecule is O=C(NC1(C(=O)O)CCCC1)c1nc(C2CC2)n(-c2ccccc2Cl)n1. The quantitative estimate of drug-likeness (QED) is 0.838. The molecule has 4 rings (SSSR count). The van der Waals surface area contributed by atoms with E-state index in [0.717, 1.165) is 25.7 Å². The van der Waals surface area contributed by atoms with Crippen LogP contribution < -0.4 is 5.32 Å². The van der Waals surface area contributed by atoms with Gasteiger partial charge >= 0.3 is 5.97 Å². The molecule has 2 fully saturated rings. The van der Waals surface area contributed by atoms with Crippen LogP contribution in [-0.2, 0) is 4.79 Å². The van der Waals surface area contributed by atoms with E-state index in [9.17, 15) is 14.7 Å². The highest BCUT2D eigenvalue weighted by Crippen LogP contribution is 2.40. The third-order valence-electron chi connectivity index (χ3n) is 5.08. The summed E-state index contributed by atoms with van der Waals surface area (Å²) in [5.41, 5.74) is -0.552. The summed E-state index contributed by atoms with van der Waals surface area (Å²) in [5.74, 6) is -0.628.